The molecule has 0 spiro atoms. The van der Waals surface area contributed by atoms with Crippen LogP contribution in [0.1, 0.15) is 5.56 Å². The maximum atomic E-state index is 12.0. The minimum absolute atomic E-state index is 0.0184. The Bertz CT molecular complexity index is 272. The smallest absolute Gasteiger partial charge is 0.291 e. The molecule has 0 aliphatic carbocycles. The van der Waals surface area contributed by atoms with E-state index in [9.17, 15) is 13.2 Å². The molecule has 0 unspecified atom stereocenters. The van der Waals surface area contributed by atoms with Crippen LogP contribution in [0.2, 0.25) is 0 Å². The van der Waals surface area contributed by atoms with Crippen LogP contribution in [0.25, 0.3) is 0 Å². The third-order valence-electron chi connectivity index (χ3n) is 1.32. The molecular formula is C7H6F3NO. The Morgan fingerprint density at radius 2 is 1.92 bits per heavy atom. The van der Waals surface area contributed by atoms with Gasteiger partial charge in [0, 0.05) is 0 Å². The minimum Gasteiger partial charge on any atom is -0.291 e. The van der Waals surface area contributed by atoms with E-state index in [-0.39, 0.29) is 5.69 Å². The molecule has 1 aromatic rings. The van der Waals surface area contributed by atoms with Crippen molar-refractivity contribution in [1.29, 1.82) is 0 Å². The lowest BCUT2D eigenvalue weighted by Crippen LogP contribution is -2.05. The molecule has 1 rings (SSSR count). The summed E-state index contributed by atoms with van der Waals surface area (Å²) >= 11 is 0. The van der Waals surface area contributed by atoms with Gasteiger partial charge in [0.2, 0.25) is 0 Å². The van der Waals surface area contributed by atoms with Crippen LogP contribution in [0.5, 0.6) is 0 Å². The number of rotatable bonds is 1. The van der Waals surface area contributed by atoms with Gasteiger partial charge in [0.15, 0.2) is 0 Å². The molecule has 2 N–H and O–H groups in total. The third kappa shape index (κ3) is 1.88. The van der Waals surface area contributed by atoms with Crippen LogP contribution in [0, 0.1) is 0 Å². The summed E-state index contributed by atoms with van der Waals surface area (Å²) in [6.07, 6.45) is -4.37. The Hall–Kier alpha value is -1.23. The molecule has 0 atom stereocenters. The predicted octanol–water partition coefficient (Wildman–Crippen LogP) is 2.51. The summed E-state index contributed by atoms with van der Waals surface area (Å²) in [6.45, 7) is 0. The molecule has 0 saturated heterocycles. The van der Waals surface area contributed by atoms with Crippen molar-refractivity contribution in [3.05, 3.63) is 29.8 Å². The Morgan fingerprint density at radius 3 is 2.42 bits per heavy atom. The van der Waals surface area contributed by atoms with E-state index in [0.29, 0.717) is 0 Å². The highest BCUT2D eigenvalue weighted by Crippen LogP contribution is 2.30. The first-order valence-corrected chi connectivity index (χ1v) is 3.11. The molecule has 0 aliphatic rings. The van der Waals surface area contributed by atoms with Crippen LogP contribution in [-0.2, 0) is 6.18 Å². The van der Waals surface area contributed by atoms with Gasteiger partial charge in [0.05, 0.1) is 11.3 Å². The zero-order valence-corrected chi connectivity index (χ0v) is 5.89. The van der Waals surface area contributed by atoms with Gasteiger partial charge >= 0.3 is 6.18 Å². The van der Waals surface area contributed by atoms with Crippen LogP contribution >= 0.6 is 0 Å². The molecular weight excluding hydrogens is 171 g/mol. The van der Waals surface area contributed by atoms with E-state index in [1.54, 1.807) is 5.48 Å². The number of anilines is 1. The van der Waals surface area contributed by atoms with E-state index >= 15 is 0 Å². The maximum Gasteiger partial charge on any atom is 0.416 e. The number of benzene rings is 1. The van der Waals surface area contributed by atoms with E-state index in [4.69, 9.17) is 5.21 Å². The van der Waals surface area contributed by atoms with Gasteiger partial charge in [-0.1, -0.05) is 6.07 Å². The van der Waals surface area contributed by atoms with Gasteiger partial charge in [-0.15, -0.1) is 0 Å². The van der Waals surface area contributed by atoms with Crippen LogP contribution in [0.3, 0.4) is 0 Å². The summed E-state index contributed by atoms with van der Waals surface area (Å²) in [7, 11) is 0. The highest BCUT2D eigenvalue weighted by molar-refractivity contribution is 5.44. The first kappa shape index (κ1) is 8.86. The fourth-order valence-electron chi connectivity index (χ4n) is 0.765. The summed E-state index contributed by atoms with van der Waals surface area (Å²) in [6, 6.07) is 4.29. The van der Waals surface area contributed by atoms with Gasteiger partial charge in [0.1, 0.15) is 0 Å². The first-order valence-electron chi connectivity index (χ1n) is 3.11. The standard InChI is InChI=1S/C7H6F3NO/c8-7(9,10)5-2-1-3-6(4-5)11-12/h1-4,11-12H. The van der Waals surface area contributed by atoms with E-state index in [1.807, 2.05) is 0 Å². The Morgan fingerprint density at radius 1 is 1.25 bits per heavy atom. The second kappa shape index (κ2) is 3.02. The van der Waals surface area contributed by atoms with E-state index in [1.165, 1.54) is 12.1 Å². The van der Waals surface area contributed by atoms with Crippen molar-refractivity contribution in [2.75, 3.05) is 5.48 Å². The van der Waals surface area contributed by atoms with Gasteiger partial charge in [-0.3, -0.25) is 10.7 Å². The molecule has 0 aromatic heterocycles. The molecule has 0 amide bonds. The number of nitrogens with one attached hydrogen (secondary N) is 1. The molecule has 2 nitrogen and oxygen atoms in total. The van der Waals surface area contributed by atoms with Crippen molar-refractivity contribution in [3.63, 3.8) is 0 Å². The molecule has 0 aliphatic heterocycles. The maximum absolute atomic E-state index is 12.0. The lowest BCUT2D eigenvalue weighted by atomic mass is 10.2. The van der Waals surface area contributed by atoms with Crippen molar-refractivity contribution in [2.45, 2.75) is 6.18 Å². The van der Waals surface area contributed by atoms with Crippen LogP contribution in [0.15, 0.2) is 24.3 Å². The Kier molecular flexibility index (Phi) is 2.23. The van der Waals surface area contributed by atoms with Crippen molar-refractivity contribution >= 4 is 5.69 Å². The fraction of sp³-hybridized carbons (Fsp3) is 0.143. The quantitative estimate of drug-likeness (QED) is 0.646. The zero-order valence-electron chi connectivity index (χ0n) is 5.89. The molecule has 1 aromatic carbocycles. The van der Waals surface area contributed by atoms with Crippen LogP contribution in [-0.4, -0.2) is 5.21 Å². The van der Waals surface area contributed by atoms with Gasteiger partial charge in [-0.25, -0.2) is 0 Å². The fourth-order valence-corrected chi connectivity index (χ4v) is 0.765. The van der Waals surface area contributed by atoms with Gasteiger partial charge in [0.25, 0.3) is 0 Å². The second-order valence-corrected chi connectivity index (χ2v) is 2.19. The monoisotopic (exact) mass is 177 g/mol. The minimum atomic E-state index is -4.37. The van der Waals surface area contributed by atoms with Gasteiger partial charge in [-0.05, 0) is 18.2 Å². The van der Waals surface area contributed by atoms with Gasteiger partial charge < -0.3 is 0 Å². The van der Waals surface area contributed by atoms with E-state index < -0.39 is 11.7 Å². The molecule has 0 radical (unpaired) electrons. The third-order valence-corrected chi connectivity index (χ3v) is 1.32. The zero-order chi connectivity index (χ0) is 9.19. The summed E-state index contributed by atoms with van der Waals surface area (Å²) < 4.78 is 36.0. The average Bonchev–Trinajstić information content (AvgIpc) is 2.03. The molecule has 5 heteroatoms. The predicted molar refractivity (Wildman–Crippen MR) is 36.9 cm³/mol. The summed E-state index contributed by atoms with van der Waals surface area (Å²) in [5.41, 5.74) is 0.868. The highest BCUT2D eigenvalue weighted by atomic mass is 19.4. The average molecular weight is 177 g/mol. The number of alkyl halides is 3. The van der Waals surface area contributed by atoms with Crippen molar-refractivity contribution < 1.29 is 18.4 Å². The van der Waals surface area contributed by atoms with Crippen molar-refractivity contribution in [3.8, 4) is 0 Å². The molecule has 0 bridgehead atoms. The SMILES string of the molecule is ONc1cccc(C(F)(F)F)c1. The Balaban J connectivity index is 3.02. The molecule has 0 heterocycles. The van der Waals surface area contributed by atoms with Crippen LogP contribution < -0.4 is 5.48 Å². The number of halogens is 3. The number of hydrogen-bond acceptors (Lipinski definition) is 2. The normalized spacial score (nSPS) is 11.3. The number of hydrogen-bond donors (Lipinski definition) is 2. The summed E-state index contributed by atoms with van der Waals surface area (Å²) in [4.78, 5) is 0. The van der Waals surface area contributed by atoms with Crippen molar-refractivity contribution in [2.24, 2.45) is 0 Å². The second-order valence-electron chi connectivity index (χ2n) is 2.19. The topological polar surface area (TPSA) is 32.3 Å². The first-order chi connectivity index (χ1) is 5.54. The van der Waals surface area contributed by atoms with Gasteiger partial charge in [-0.2, -0.15) is 13.2 Å². The Labute approximate surface area is 66.6 Å². The molecule has 12 heavy (non-hydrogen) atoms. The van der Waals surface area contributed by atoms with E-state index in [2.05, 4.69) is 0 Å². The summed E-state index contributed by atoms with van der Waals surface area (Å²) in [5.74, 6) is 0. The molecule has 0 saturated carbocycles. The summed E-state index contributed by atoms with van der Waals surface area (Å²) in [5, 5.41) is 8.31. The highest BCUT2D eigenvalue weighted by Gasteiger charge is 2.30. The lowest BCUT2D eigenvalue weighted by Gasteiger charge is -2.07. The van der Waals surface area contributed by atoms with E-state index in [0.717, 1.165) is 12.1 Å². The molecule has 66 valence electrons. The lowest BCUT2D eigenvalue weighted by molar-refractivity contribution is -0.137. The molecule has 0 fully saturated rings. The van der Waals surface area contributed by atoms with Crippen molar-refractivity contribution in [1.82, 2.24) is 0 Å². The van der Waals surface area contributed by atoms with Crippen LogP contribution in [0.4, 0.5) is 18.9 Å². The largest absolute Gasteiger partial charge is 0.416 e.